The summed E-state index contributed by atoms with van der Waals surface area (Å²) < 4.78 is 12.9. The zero-order valence-corrected chi connectivity index (χ0v) is 10.6. The van der Waals surface area contributed by atoms with Gasteiger partial charge in [0.15, 0.2) is 0 Å². The predicted molar refractivity (Wildman–Crippen MR) is 68.0 cm³/mol. The van der Waals surface area contributed by atoms with Crippen LogP contribution < -0.4 is 10.2 Å². The van der Waals surface area contributed by atoms with E-state index < -0.39 is 5.54 Å². The summed E-state index contributed by atoms with van der Waals surface area (Å²) in [6.45, 7) is 1.77. The van der Waals surface area contributed by atoms with E-state index >= 15 is 0 Å². The van der Waals surface area contributed by atoms with E-state index in [0.717, 1.165) is 12.8 Å². The Kier molecular flexibility index (Phi) is 2.59. The monoisotopic (exact) mass is 262 g/mol. The van der Waals surface area contributed by atoms with Gasteiger partial charge >= 0.3 is 0 Å². The third-order valence-corrected chi connectivity index (χ3v) is 3.92. The number of nitrogens with one attached hydrogen (secondary N) is 1. The number of carbonyl (C=O) groups is 2. The largest absolute Gasteiger partial charge is 0.340 e. The highest BCUT2D eigenvalue weighted by Crippen LogP contribution is 2.42. The summed E-state index contributed by atoms with van der Waals surface area (Å²) in [5, 5.41) is 2.81. The van der Waals surface area contributed by atoms with Crippen molar-refractivity contribution in [2.75, 3.05) is 11.4 Å². The summed E-state index contributed by atoms with van der Waals surface area (Å²) in [7, 11) is 0. The lowest BCUT2D eigenvalue weighted by atomic mass is 9.91. The molecular formula is C14H15FN2O2. The second kappa shape index (κ2) is 4.05. The van der Waals surface area contributed by atoms with Gasteiger partial charge in [-0.25, -0.2) is 4.39 Å². The van der Waals surface area contributed by atoms with E-state index in [9.17, 15) is 14.0 Å². The third-order valence-electron chi connectivity index (χ3n) is 3.92. The van der Waals surface area contributed by atoms with Crippen LogP contribution in [0.15, 0.2) is 24.3 Å². The molecule has 1 saturated carbocycles. The van der Waals surface area contributed by atoms with Gasteiger partial charge < -0.3 is 10.2 Å². The molecule has 1 aliphatic heterocycles. The van der Waals surface area contributed by atoms with Gasteiger partial charge in [-0.2, -0.15) is 0 Å². The number of hydrogen-bond donors (Lipinski definition) is 1. The molecule has 100 valence electrons. The maximum absolute atomic E-state index is 12.9. The standard InChI is InChI=1S/C14H15FN2O2/c1-14(9-2-3-9)13(19)17(8-12(18)16-14)11-6-4-10(15)5-7-11/h4-7,9H,2-3,8H2,1H3,(H,16,18). The number of rotatable bonds is 2. The fourth-order valence-corrected chi connectivity index (χ4v) is 2.65. The maximum atomic E-state index is 12.9. The lowest BCUT2D eigenvalue weighted by Gasteiger charge is -2.40. The normalized spacial score (nSPS) is 27.4. The Bertz CT molecular complexity index is 539. The molecule has 2 amide bonds. The Morgan fingerprint density at radius 2 is 1.89 bits per heavy atom. The lowest BCUT2D eigenvalue weighted by Crippen LogP contribution is -2.66. The van der Waals surface area contributed by atoms with Crippen LogP contribution in [0.5, 0.6) is 0 Å². The predicted octanol–water partition coefficient (Wildman–Crippen LogP) is 1.46. The van der Waals surface area contributed by atoms with Crippen LogP contribution >= 0.6 is 0 Å². The molecule has 1 saturated heterocycles. The van der Waals surface area contributed by atoms with Gasteiger partial charge in [-0.15, -0.1) is 0 Å². The highest BCUT2D eigenvalue weighted by atomic mass is 19.1. The van der Waals surface area contributed by atoms with Crippen LogP contribution in [-0.4, -0.2) is 23.9 Å². The van der Waals surface area contributed by atoms with E-state index in [-0.39, 0.29) is 30.1 Å². The fourth-order valence-electron chi connectivity index (χ4n) is 2.65. The topological polar surface area (TPSA) is 49.4 Å². The minimum Gasteiger partial charge on any atom is -0.340 e. The van der Waals surface area contributed by atoms with Crippen LogP contribution in [0, 0.1) is 11.7 Å². The molecule has 1 N–H and O–H groups in total. The van der Waals surface area contributed by atoms with E-state index in [4.69, 9.17) is 0 Å². The SMILES string of the molecule is CC1(C2CC2)NC(=O)CN(c2ccc(F)cc2)C1=O. The van der Waals surface area contributed by atoms with Crippen LogP contribution in [-0.2, 0) is 9.59 Å². The Balaban J connectivity index is 1.94. The van der Waals surface area contributed by atoms with Crippen molar-refractivity contribution in [1.29, 1.82) is 0 Å². The van der Waals surface area contributed by atoms with Crippen molar-refractivity contribution in [2.45, 2.75) is 25.3 Å². The second-order valence-corrected chi connectivity index (χ2v) is 5.39. The zero-order valence-electron chi connectivity index (χ0n) is 10.6. The van der Waals surface area contributed by atoms with Crippen LogP contribution in [0.2, 0.25) is 0 Å². The first kappa shape index (κ1) is 12.1. The Morgan fingerprint density at radius 3 is 2.47 bits per heavy atom. The van der Waals surface area contributed by atoms with Gasteiger partial charge in [0, 0.05) is 5.69 Å². The number of amides is 2. The van der Waals surface area contributed by atoms with Crippen molar-refractivity contribution in [3.63, 3.8) is 0 Å². The Labute approximate surface area is 110 Å². The van der Waals surface area contributed by atoms with Gasteiger partial charge in [-0.1, -0.05) is 0 Å². The number of anilines is 1. The number of nitrogens with zero attached hydrogens (tertiary/aromatic N) is 1. The molecule has 0 radical (unpaired) electrons. The van der Waals surface area contributed by atoms with Gasteiger partial charge in [0.1, 0.15) is 17.9 Å². The molecule has 1 aromatic carbocycles. The molecular weight excluding hydrogens is 247 g/mol. The number of carbonyl (C=O) groups excluding carboxylic acids is 2. The molecule has 0 bridgehead atoms. The Morgan fingerprint density at radius 1 is 1.26 bits per heavy atom. The summed E-state index contributed by atoms with van der Waals surface area (Å²) >= 11 is 0. The molecule has 4 nitrogen and oxygen atoms in total. The first-order valence-corrected chi connectivity index (χ1v) is 6.39. The number of halogens is 1. The quantitative estimate of drug-likeness (QED) is 0.877. The molecule has 0 aromatic heterocycles. The molecule has 19 heavy (non-hydrogen) atoms. The molecule has 5 heteroatoms. The number of hydrogen-bond acceptors (Lipinski definition) is 2. The first-order valence-electron chi connectivity index (χ1n) is 6.39. The minimum absolute atomic E-state index is 0.00717. The molecule has 1 heterocycles. The minimum atomic E-state index is -0.816. The summed E-state index contributed by atoms with van der Waals surface area (Å²) in [4.78, 5) is 25.8. The highest BCUT2D eigenvalue weighted by molar-refractivity contribution is 6.09. The zero-order chi connectivity index (χ0) is 13.6. The first-order chi connectivity index (χ1) is 9.00. The third kappa shape index (κ3) is 1.99. The molecule has 1 aliphatic carbocycles. The van der Waals surface area contributed by atoms with Crippen molar-refractivity contribution in [3.05, 3.63) is 30.1 Å². The van der Waals surface area contributed by atoms with Crippen LogP contribution in [0.4, 0.5) is 10.1 Å². The van der Waals surface area contributed by atoms with Crippen molar-refractivity contribution in [3.8, 4) is 0 Å². The van der Waals surface area contributed by atoms with E-state index in [1.807, 2.05) is 0 Å². The average molecular weight is 262 g/mol. The van der Waals surface area contributed by atoms with Gasteiger partial charge in [-0.3, -0.25) is 9.59 Å². The van der Waals surface area contributed by atoms with E-state index in [1.165, 1.54) is 29.2 Å². The summed E-state index contributed by atoms with van der Waals surface area (Å²) in [5.41, 5.74) is -0.253. The van der Waals surface area contributed by atoms with Crippen LogP contribution in [0.3, 0.4) is 0 Å². The summed E-state index contributed by atoms with van der Waals surface area (Å²) in [6.07, 6.45) is 1.92. The molecule has 1 unspecified atom stereocenters. The number of benzene rings is 1. The van der Waals surface area contributed by atoms with Crippen molar-refractivity contribution in [2.24, 2.45) is 5.92 Å². The van der Waals surface area contributed by atoms with Gasteiger partial charge in [0.2, 0.25) is 5.91 Å². The molecule has 2 fully saturated rings. The van der Waals surface area contributed by atoms with Crippen molar-refractivity contribution < 1.29 is 14.0 Å². The van der Waals surface area contributed by atoms with Gasteiger partial charge in [-0.05, 0) is 49.9 Å². The second-order valence-electron chi connectivity index (χ2n) is 5.39. The number of piperazine rings is 1. The molecule has 1 atom stereocenters. The maximum Gasteiger partial charge on any atom is 0.253 e. The summed E-state index contributed by atoms with van der Waals surface area (Å²) in [6, 6.07) is 5.64. The van der Waals surface area contributed by atoms with E-state index in [1.54, 1.807) is 6.92 Å². The average Bonchev–Trinajstić information content (AvgIpc) is 3.19. The van der Waals surface area contributed by atoms with Crippen LogP contribution in [0.1, 0.15) is 19.8 Å². The fraction of sp³-hybridized carbons (Fsp3) is 0.429. The lowest BCUT2D eigenvalue weighted by molar-refractivity contribution is -0.136. The van der Waals surface area contributed by atoms with E-state index in [0.29, 0.717) is 5.69 Å². The van der Waals surface area contributed by atoms with Crippen molar-refractivity contribution in [1.82, 2.24) is 5.32 Å². The van der Waals surface area contributed by atoms with E-state index in [2.05, 4.69) is 5.32 Å². The summed E-state index contributed by atoms with van der Waals surface area (Å²) in [5.74, 6) is -0.422. The Hall–Kier alpha value is -1.91. The van der Waals surface area contributed by atoms with Crippen LogP contribution in [0.25, 0.3) is 0 Å². The van der Waals surface area contributed by atoms with Gasteiger partial charge in [0.05, 0.1) is 0 Å². The molecule has 2 aliphatic rings. The molecule has 0 spiro atoms. The van der Waals surface area contributed by atoms with Crippen molar-refractivity contribution >= 4 is 17.5 Å². The smallest absolute Gasteiger partial charge is 0.253 e. The molecule has 3 rings (SSSR count). The highest BCUT2D eigenvalue weighted by Gasteiger charge is 2.52. The molecule has 1 aromatic rings. The van der Waals surface area contributed by atoms with Gasteiger partial charge in [0.25, 0.3) is 5.91 Å².